The summed E-state index contributed by atoms with van der Waals surface area (Å²) in [5, 5.41) is 0. The molecule has 2 fully saturated rings. The fourth-order valence-electron chi connectivity index (χ4n) is 4.07. The summed E-state index contributed by atoms with van der Waals surface area (Å²) in [5.41, 5.74) is 1.84. The van der Waals surface area contributed by atoms with E-state index in [4.69, 9.17) is 0 Å². The van der Waals surface area contributed by atoms with Gasteiger partial charge in [0.15, 0.2) is 0 Å². The lowest BCUT2D eigenvalue weighted by Gasteiger charge is -2.36. The van der Waals surface area contributed by atoms with Gasteiger partial charge in [-0.05, 0) is 81.6 Å². The SMILES string of the molecule is Cc1ccc(C)c(S(=O)(=O)N2CCC(CN3CCC(C)CC3)CC2)c1. The van der Waals surface area contributed by atoms with Crippen LogP contribution in [0, 0.1) is 25.7 Å². The number of nitrogens with zero attached hydrogens (tertiary/aromatic N) is 2. The summed E-state index contributed by atoms with van der Waals surface area (Å²) in [6.45, 7) is 11.1. The van der Waals surface area contributed by atoms with Crippen molar-refractivity contribution in [3.8, 4) is 0 Å². The first-order chi connectivity index (χ1) is 11.9. The van der Waals surface area contributed by atoms with Gasteiger partial charge in [0, 0.05) is 19.6 Å². The van der Waals surface area contributed by atoms with Gasteiger partial charge in [-0.25, -0.2) is 8.42 Å². The van der Waals surface area contributed by atoms with Gasteiger partial charge in [0.25, 0.3) is 0 Å². The topological polar surface area (TPSA) is 40.6 Å². The monoisotopic (exact) mass is 364 g/mol. The second kappa shape index (κ2) is 7.77. The van der Waals surface area contributed by atoms with E-state index in [-0.39, 0.29) is 0 Å². The lowest BCUT2D eigenvalue weighted by atomic mass is 9.94. The summed E-state index contributed by atoms with van der Waals surface area (Å²) in [4.78, 5) is 3.07. The van der Waals surface area contributed by atoms with Crippen molar-refractivity contribution in [3.63, 3.8) is 0 Å². The molecule has 2 saturated heterocycles. The molecule has 0 saturated carbocycles. The molecule has 0 atom stereocenters. The molecule has 5 heteroatoms. The Hall–Kier alpha value is -0.910. The molecule has 2 heterocycles. The molecular weight excluding hydrogens is 332 g/mol. The van der Waals surface area contributed by atoms with Gasteiger partial charge in [0.1, 0.15) is 0 Å². The average molecular weight is 365 g/mol. The molecular formula is C20H32N2O2S. The largest absolute Gasteiger partial charge is 0.303 e. The van der Waals surface area contributed by atoms with Crippen LogP contribution in [-0.4, -0.2) is 50.3 Å². The second-order valence-electron chi connectivity index (χ2n) is 8.10. The molecule has 0 bridgehead atoms. The van der Waals surface area contributed by atoms with E-state index in [1.165, 1.54) is 25.9 Å². The zero-order chi connectivity index (χ0) is 18.0. The van der Waals surface area contributed by atoms with Gasteiger partial charge in [0.05, 0.1) is 4.90 Å². The Morgan fingerprint density at radius 1 is 1.00 bits per heavy atom. The predicted octanol–water partition coefficient (Wildman–Crippen LogP) is 3.44. The van der Waals surface area contributed by atoms with E-state index in [0.717, 1.165) is 36.4 Å². The third-order valence-corrected chi connectivity index (χ3v) is 7.97. The summed E-state index contributed by atoms with van der Waals surface area (Å²) in [6.07, 6.45) is 4.58. The van der Waals surface area contributed by atoms with Gasteiger partial charge in [-0.15, -0.1) is 0 Å². The summed E-state index contributed by atoms with van der Waals surface area (Å²) in [6, 6.07) is 5.69. The predicted molar refractivity (Wildman–Crippen MR) is 102 cm³/mol. The zero-order valence-corrected chi connectivity index (χ0v) is 16.7. The third-order valence-electron chi connectivity index (χ3n) is 5.93. The molecule has 140 valence electrons. The molecule has 0 N–H and O–H groups in total. The van der Waals surface area contributed by atoms with Crippen LogP contribution < -0.4 is 0 Å². The highest BCUT2D eigenvalue weighted by Crippen LogP contribution is 2.27. The first kappa shape index (κ1) is 18.9. The van der Waals surface area contributed by atoms with E-state index >= 15 is 0 Å². The van der Waals surface area contributed by atoms with Crippen molar-refractivity contribution in [2.75, 3.05) is 32.7 Å². The number of hydrogen-bond donors (Lipinski definition) is 0. The van der Waals surface area contributed by atoms with Crippen LogP contribution in [0.2, 0.25) is 0 Å². The second-order valence-corrected chi connectivity index (χ2v) is 10.0. The average Bonchev–Trinajstić information content (AvgIpc) is 2.59. The van der Waals surface area contributed by atoms with E-state index < -0.39 is 10.0 Å². The minimum absolute atomic E-state index is 0.482. The molecule has 1 aromatic carbocycles. The molecule has 3 rings (SSSR count). The van der Waals surface area contributed by atoms with Crippen LogP contribution >= 0.6 is 0 Å². The number of benzene rings is 1. The fraction of sp³-hybridized carbons (Fsp3) is 0.700. The Bertz CT molecular complexity index is 686. The van der Waals surface area contributed by atoms with Gasteiger partial charge in [0.2, 0.25) is 10.0 Å². The molecule has 0 spiro atoms. The van der Waals surface area contributed by atoms with Crippen molar-refractivity contribution in [2.24, 2.45) is 11.8 Å². The molecule has 4 nitrogen and oxygen atoms in total. The van der Waals surface area contributed by atoms with Crippen LogP contribution in [0.5, 0.6) is 0 Å². The van der Waals surface area contributed by atoms with Crippen LogP contribution in [-0.2, 0) is 10.0 Å². The van der Waals surface area contributed by atoms with Crippen LogP contribution in [0.3, 0.4) is 0 Å². The molecule has 0 radical (unpaired) electrons. The molecule has 0 unspecified atom stereocenters. The Balaban J connectivity index is 1.59. The summed E-state index contributed by atoms with van der Waals surface area (Å²) in [5.74, 6) is 1.50. The first-order valence-corrected chi connectivity index (χ1v) is 11.1. The fourth-order valence-corrected chi connectivity index (χ4v) is 5.85. The molecule has 25 heavy (non-hydrogen) atoms. The van der Waals surface area contributed by atoms with Gasteiger partial charge in [-0.3, -0.25) is 0 Å². The summed E-state index contributed by atoms with van der Waals surface area (Å²) < 4.78 is 27.7. The Morgan fingerprint density at radius 2 is 1.64 bits per heavy atom. The standard InChI is InChI=1S/C20H32N2O2S/c1-16-6-10-21(11-7-16)15-19-8-12-22(13-9-19)25(23,24)20-14-17(2)4-5-18(20)3/h4-5,14,16,19H,6-13,15H2,1-3H3. The van der Waals surface area contributed by atoms with Crippen molar-refractivity contribution in [1.82, 2.24) is 9.21 Å². The molecule has 2 aliphatic heterocycles. The van der Waals surface area contributed by atoms with E-state index in [1.807, 2.05) is 32.0 Å². The molecule has 1 aromatic rings. The number of rotatable bonds is 4. The van der Waals surface area contributed by atoms with Crippen LogP contribution in [0.1, 0.15) is 43.7 Å². The van der Waals surface area contributed by atoms with Crippen molar-refractivity contribution < 1.29 is 8.42 Å². The molecule has 0 aromatic heterocycles. The van der Waals surface area contributed by atoms with Crippen LogP contribution in [0.25, 0.3) is 0 Å². The Morgan fingerprint density at radius 3 is 2.28 bits per heavy atom. The van der Waals surface area contributed by atoms with Crippen molar-refractivity contribution in [3.05, 3.63) is 29.3 Å². The van der Waals surface area contributed by atoms with Gasteiger partial charge in [-0.2, -0.15) is 4.31 Å². The highest BCUT2D eigenvalue weighted by Gasteiger charge is 2.31. The lowest BCUT2D eigenvalue weighted by molar-refractivity contribution is 0.142. The lowest BCUT2D eigenvalue weighted by Crippen LogP contribution is -2.43. The first-order valence-electron chi connectivity index (χ1n) is 9.66. The maximum Gasteiger partial charge on any atom is 0.243 e. The Labute approximate surface area is 153 Å². The molecule has 0 amide bonds. The smallest absolute Gasteiger partial charge is 0.243 e. The number of likely N-dealkylation sites (tertiary alicyclic amines) is 1. The van der Waals surface area contributed by atoms with Gasteiger partial charge in [-0.1, -0.05) is 19.1 Å². The van der Waals surface area contributed by atoms with E-state index in [1.54, 1.807) is 4.31 Å². The van der Waals surface area contributed by atoms with Crippen molar-refractivity contribution in [2.45, 2.75) is 51.3 Å². The van der Waals surface area contributed by atoms with E-state index in [2.05, 4.69) is 11.8 Å². The minimum Gasteiger partial charge on any atom is -0.303 e. The number of piperidine rings is 2. The number of hydrogen-bond acceptors (Lipinski definition) is 3. The maximum atomic E-state index is 13.0. The summed E-state index contributed by atoms with van der Waals surface area (Å²) >= 11 is 0. The van der Waals surface area contributed by atoms with Crippen LogP contribution in [0.4, 0.5) is 0 Å². The van der Waals surface area contributed by atoms with E-state index in [9.17, 15) is 8.42 Å². The zero-order valence-electron chi connectivity index (χ0n) is 15.9. The van der Waals surface area contributed by atoms with Gasteiger partial charge < -0.3 is 4.90 Å². The highest BCUT2D eigenvalue weighted by molar-refractivity contribution is 7.89. The normalized spacial score (nSPS) is 22.4. The van der Waals surface area contributed by atoms with Gasteiger partial charge >= 0.3 is 0 Å². The van der Waals surface area contributed by atoms with Crippen molar-refractivity contribution >= 4 is 10.0 Å². The maximum absolute atomic E-state index is 13.0. The Kier molecular flexibility index (Phi) is 5.86. The number of aryl methyl sites for hydroxylation is 2. The number of sulfonamides is 1. The molecule has 2 aliphatic rings. The molecule has 0 aliphatic carbocycles. The van der Waals surface area contributed by atoms with Crippen LogP contribution in [0.15, 0.2) is 23.1 Å². The minimum atomic E-state index is -3.36. The quantitative estimate of drug-likeness (QED) is 0.822. The highest BCUT2D eigenvalue weighted by atomic mass is 32.2. The summed E-state index contributed by atoms with van der Waals surface area (Å²) in [7, 11) is -3.36. The van der Waals surface area contributed by atoms with E-state index in [0.29, 0.717) is 23.9 Å². The third kappa shape index (κ3) is 4.44. The van der Waals surface area contributed by atoms with Crippen molar-refractivity contribution in [1.29, 1.82) is 0 Å².